The lowest BCUT2D eigenvalue weighted by atomic mass is 9.80. The van der Waals surface area contributed by atoms with E-state index in [2.05, 4.69) is 32.0 Å². The first kappa shape index (κ1) is 11.7. The highest BCUT2D eigenvalue weighted by molar-refractivity contribution is 5.30. The molecule has 0 aliphatic heterocycles. The number of aryl methyl sites for hydroxylation is 2. The van der Waals surface area contributed by atoms with Gasteiger partial charge in [0.05, 0.1) is 0 Å². The van der Waals surface area contributed by atoms with Gasteiger partial charge in [-0.1, -0.05) is 36.6 Å². The Hall–Kier alpha value is -0.820. The molecule has 1 saturated carbocycles. The van der Waals surface area contributed by atoms with Gasteiger partial charge >= 0.3 is 0 Å². The molecule has 1 aromatic carbocycles. The summed E-state index contributed by atoms with van der Waals surface area (Å²) in [5, 5.41) is 0. The van der Waals surface area contributed by atoms with Crippen LogP contribution >= 0.6 is 0 Å². The third kappa shape index (κ3) is 2.65. The minimum atomic E-state index is 0.425. The second kappa shape index (κ2) is 5.01. The largest absolute Gasteiger partial charge is 0.327 e. The molecular formula is C15H23N. The third-order valence-electron chi connectivity index (χ3n) is 3.95. The summed E-state index contributed by atoms with van der Waals surface area (Å²) in [6, 6.07) is 7.21. The van der Waals surface area contributed by atoms with Gasteiger partial charge in [0, 0.05) is 6.04 Å². The Morgan fingerprint density at radius 3 is 2.62 bits per heavy atom. The maximum Gasteiger partial charge on any atom is 0.00703 e. The van der Waals surface area contributed by atoms with E-state index in [0.717, 1.165) is 0 Å². The van der Waals surface area contributed by atoms with Gasteiger partial charge in [-0.25, -0.2) is 0 Å². The van der Waals surface area contributed by atoms with Gasteiger partial charge in [-0.05, 0) is 50.2 Å². The van der Waals surface area contributed by atoms with E-state index in [1.165, 1.54) is 48.8 Å². The minimum absolute atomic E-state index is 0.425. The van der Waals surface area contributed by atoms with Crippen molar-refractivity contribution in [2.24, 2.45) is 11.7 Å². The second-order valence-electron chi connectivity index (χ2n) is 5.34. The monoisotopic (exact) mass is 217 g/mol. The molecule has 0 heterocycles. The summed E-state index contributed by atoms with van der Waals surface area (Å²) in [5.74, 6) is 0.704. The van der Waals surface area contributed by atoms with Gasteiger partial charge in [0.1, 0.15) is 0 Å². The van der Waals surface area contributed by atoms with Crippen molar-refractivity contribution in [2.45, 2.75) is 52.0 Å². The number of nitrogens with two attached hydrogens (primary N) is 1. The lowest BCUT2D eigenvalue weighted by Gasteiger charge is -2.29. The topological polar surface area (TPSA) is 26.0 Å². The fourth-order valence-electron chi connectivity index (χ4n) is 2.85. The van der Waals surface area contributed by atoms with Gasteiger partial charge in [0.25, 0.3) is 0 Å². The molecule has 2 N–H and O–H groups in total. The fourth-order valence-corrected chi connectivity index (χ4v) is 2.85. The summed E-state index contributed by atoms with van der Waals surface area (Å²) in [6.07, 6.45) is 6.39. The zero-order valence-corrected chi connectivity index (χ0v) is 10.5. The molecule has 1 aliphatic rings. The highest BCUT2D eigenvalue weighted by Crippen LogP contribution is 2.27. The molecule has 2 atom stereocenters. The van der Waals surface area contributed by atoms with Crippen LogP contribution in [0.25, 0.3) is 0 Å². The Morgan fingerprint density at radius 2 is 1.94 bits per heavy atom. The number of benzene rings is 1. The Labute approximate surface area is 99.0 Å². The Morgan fingerprint density at radius 1 is 1.19 bits per heavy atom. The van der Waals surface area contributed by atoms with Gasteiger partial charge in [0.2, 0.25) is 0 Å². The molecule has 2 rings (SSSR count). The number of hydrogen-bond acceptors (Lipinski definition) is 1. The summed E-state index contributed by atoms with van der Waals surface area (Å²) in [7, 11) is 0. The van der Waals surface area contributed by atoms with Crippen LogP contribution < -0.4 is 5.73 Å². The van der Waals surface area contributed by atoms with Crippen LogP contribution in [-0.4, -0.2) is 6.04 Å². The molecule has 0 radical (unpaired) electrons. The van der Waals surface area contributed by atoms with E-state index in [4.69, 9.17) is 5.73 Å². The molecule has 0 saturated heterocycles. The summed E-state index contributed by atoms with van der Waals surface area (Å²) in [5.41, 5.74) is 10.5. The van der Waals surface area contributed by atoms with Crippen LogP contribution in [0.15, 0.2) is 18.2 Å². The molecular weight excluding hydrogens is 194 g/mol. The van der Waals surface area contributed by atoms with Gasteiger partial charge in [-0.15, -0.1) is 0 Å². The van der Waals surface area contributed by atoms with Crippen molar-refractivity contribution in [3.63, 3.8) is 0 Å². The van der Waals surface area contributed by atoms with E-state index in [-0.39, 0.29) is 0 Å². The lowest BCUT2D eigenvalue weighted by molar-refractivity contribution is 0.306. The molecule has 1 aliphatic carbocycles. The Kier molecular flexibility index (Phi) is 3.65. The molecule has 0 aromatic heterocycles. The van der Waals surface area contributed by atoms with Crippen LogP contribution in [0.5, 0.6) is 0 Å². The highest BCUT2D eigenvalue weighted by Gasteiger charge is 2.22. The second-order valence-corrected chi connectivity index (χ2v) is 5.34. The summed E-state index contributed by atoms with van der Waals surface area (Å²) >= 11 is 0. The smallest absolute Gasteiger partial charge is 0.00703 e. The average Bonchev–Trinajstić information content (AvgIpc) is 2.25. The first-order valence-corrected chi connectivity index (χ1v) is 6.48. The molecule has 16 heavy (non-hydrogen) atoms. The van der Waals surface area contributed by atoms with E-state index in [9.17, 15) is 0 Å². The van der Waals surface area contributed by atoms with Gasteiger partial charge in [-0.2, -0.15) is 0 Å². The Balaban J connectivity index is 2.07. The molecule has 0 amide bonds. The van der Waals surface area contributed by atoms with Crippen LogP contribution in [0.1, 0.15) is 42.4 Å². The van der Waals surface area contributed by atoms with Crippen LogP contribution in [0, 0.1) is 19.8 Å². The van der Waals surface area contributed by atoms with Crippen molar-refractivity contribution < 1.29 is 0 Å². The lowest BCUT2D eigenvalue weighted by Crippen LogP contribution is -2.34. The van der Waals surface area contributed by atoms with Crippen molar-refractivity contribution in [2.75, 3.05) is 0 Å². The van der Waals surface area contributed by atoms with E-state index in [0.29, 0.717) is 12.0 Å². The van der Waals surface area contributed by atoms with Gasteiger partial charge in [0.15, 0.2) is 0 Å². The van der Waals surface area contributed by atoms with E-state index < -0.39 is 0 Å². The summed E-state index contributed by atoms with van der Waals surface area (Å²) < 4.78 is 0. The van der Waals surface area contributed by atoms with E-state index in [1.807, 2.05) is 0 Å². The normalized spacial score (nSPS) is 25.7. The maximum absolute atomic E-state index is 6.21. The molecule has 0 bridgehead atoms. The number of hydrogen-bond donors (Lipinski definition) is 1. The summed E-state index contributed by atoms with van der Waals surface area (Å²) in [6.45, 7) is 4.37. The zero-order valence-electron chi connectivity index (χ0n) is 10.5. The van der Waals surface area contributed by atoms with Gasteiger partial charge in [-0.3, -0.25) is 0 Å². The molecule has 1 aromatic rings. The molecule has 1 fully saturated rings. The van der Waals surface area contributed by atoms with Crippen LogP contribution in [0.2, 0.25) is 0 Å². The van der Waals surface area contributed by atoms with Crippen molar-refractivity contribution in [1.82, 2.24) is 0 Å². The maximum atomic E-state index is 6.21. The molecule has 1 heteroatoms. The predicted molar refractivity (Wildman–Crippen MR) is 69.6 cm³/mol. The SMILES string of the molecule is Cc1ccc(CC2CCCCC2N)c(C)c1. The standard InChI is InChI=1S/C15H23N/c1-11-7-8-13(12(2)9-11)10-14-5-3-4-6-15(14)16/h7-9,14-15H,3-6,10,16H2,1-2H3. The molecule has 1 nitrogen and oxygen atoms in total. The van der Waals surface area contributed by atoms with E-state index >= 15 is 0 Å². The fraction of sp³-hybridized carbons (Fsp3) is 0.600. The van der Waals surface area contributed by atoms with Crippen LogP contribution in [-0.2, 0) is 6.42 Å². The molecule has 0 spiro atoms. The third-order valence-corrected chi connectivity index (χ3v) is 3.95. The van der Waals surface area contributed by atoms with Crippen LogP contribution in [0.4, 0.5) is 0 Å². The minimum Gasteiger partial charge on any atom is -0.327 e. The van der Waals surface area contributed by atoms with Crippen molar-refractivity contribution in [3.05, 3.63) is 34.9 Å². The van der Waals surface area contributed by atoms with Crippen LogP contribution in [0.3, 0.4) is 0 Å². The number of rotatable bonds is 2. The molecule has 2 unspecified atom stereocenters. The average molecular weight is 217 g/mol. The van der Waals surface area contributed by atoms with Crippen molar-refractivity contribution in [3.8, 4) is 0 Å². The highest BCUT2D eigenvalue weighted by atomic mass is 14.7. The predicted octanol–water partition coefficient (Wildman–Crippen LogP) is 3.36. The Bertz CT molecular complexity index is 356. The van der Waals surface area contributed by atoms with E-state index in [1.54, 1.807) is 0 Å². The summed E-state index contributed by atoms with van der Waals surface area (Å²) in [4.78, 5) is 0. The zero-order chi connectivity index (χ0) is 11.5. The first-order valence-electron chi connectivity index (χ1n) is 6.48. The quantitative estimate of drug-likeness (QED) is 0.807. The van der Waals surface area contributed by atoms with Gasteiger partial charge < -0.3 is 5.73 Å². The van der Waals surface area contributed by atoms with Crippen molar-refractivity contribution in [1.29, 1.82) is 0 Å². The van der Waals surface area contributed by atoms with Crippen molar-refractivity contribution >= 4 is 0 Å². The molecule has 88 valence electrons. The first-order chi connectivity index (χ1) is 7.66.